The molecule has 0 radical (unpaired) electrons. The molecule has 0 amide bonds. The number of pyridine rings is 9. The quantitative estimate of drug-likeness (QED) is 0.104. The molecule has 0 spiro atoms. The Labute approximate surface area is 696 Å². The lowest BCUT2D eigenvalue weighted by molar-refractivity contribution is 1.06. The van der Waals surface area contributed by atoms with Gasteiger partial charge in [0.15, 0.2) is 29.1 Å². The molecule has 0 aliphatic carbocycles. The van der Waals surface area contributed by atoms with E-state index in [1.54, 1.807) is 18.6 Å². The highest BCUT2D eigenvalue weighted by molar-refractivity contribution is 6.12. The molecule has 22 aromatic rings. The van der Waals surface area contributed by atoms with Gasteiger partial charge in [-0.2, -0.15) is 0 Å². The summed E-state index contributed by atoms with van der Waals surface area (Å²) in [6.07, 6.45) is 5.30. The van der Waals surface area contributed by atoms with Crippen LogP contribution in [0.4, 0.5) is 0 Å². The summed E-state index contributed by atoms with van der Waals surface area (Å²) in [5, 5.41) is 8.31. The molecule has 0 N–H and O–H groups in total. The van der Waals surface area contributed by atoms with Crippen LogP contribution in [-0.2, 0) is 0 Å². The Balaban J connectivity index is 0.000000116. The van der Waals surface area contributed by atoms with Gasteiger partial charge >= 0.3 is 0 Å². The average Bonchev–Trinajstić information content (AvgIpc) is 0.739. The van der Waals surface area contributed by atoms with Gasteiger partial charge in [0.2, 0.25) is 0 Å². The lowest BCUT2D eigenvalue weighted by Crippen LogP contribution is -2.02. The number of aromatic nitrogens is 16. The smallest absolute Gasteiger partial charge is 0.182 e. The summed E-state index contributed by atoms with van der Waals surface area (Å²) >= 11 is 0. The Morgan fingerprint density at radius 3 is 0.967 bits per heavy atom. The van der Waals surface area contributed by atoms with Crippen LogP contribution in [0.1, 0.15) is 17.1 Å². The molecule has 0 saturated heterocycles. The molecule has 0 aliphatic heterocycles. The first-order chi connectivity index (χ1) is 59.7. The van der Waals surface area contributed by atoms with Gasteiger partial charge in [-0.25, -0.2) is 49.8 Å². The Kier molecular flexibility index (Phi) is 19.6. The first-order valence-electron chi connectivity index (χ1n) is 39.9. The lowest BCUT2D eigenvalue weighted by atomic mass is 9.96. The van der Waals surface area contributed by atoms with Crippen molar-refractivity contribution in [1.29, 1.82) is 0 Å². The van der Waals surface area contributed by atoms with Crippen LogP contribution >= 0.6 is 0 Å². The number of benzene rings is 10. The molecule has 16 nitrogen and oxygen atoms in total. The molecule has 22 rings (SSSR count). The van der Waals surface area contributed by atoms with Crippen LogP contribution in [0.5, 0.6) is 0 Å². The zero-order valence-corrected chi connectivity index (χ0v) is 65.9. The first kappa shape index (κ1) is 73.4. The summed E-state index contributed by atoms with van der Waals surface area (Å²) in [5.41, 5.74) is 24.7. The highest BCUT2D eigenvalue weighted by Crippen LogP contribution is 2.42. The van der Waals surface area contributed by atoms with Crippen LogP contribution in [-0.4, -0.2) is 79.7 Å². The van der Waals surface area contributed by atoms with E-state index in [-0.39, 0.29) is 0 Å². The van der Waals surface area contributed by atoms with Gasteiger partial charge in [-0.05, 0) is 116 Å². The minimum absolute atomic E-state index is 0.514. The molecule has 570 valence electrons. The van der Waals surface area contributed by atoms with Gasteiger partial charge < -0.3 is 0 Å². The number of nitrogens with zero attached hydrogens (tertiary/aromatic N) is 16. The van der Waals surface area contributed by atoms with Crippen molar-refractivity contribution in [1.82, 2.24) is 79.7 Å². The second-order valence-corrected chi connectivity index (χ2v) is 29.4. The van der Waals surface area contributed by atoms with Gasteiger partial charge in [-0.3, -0.25) is 29.9 Å². The maximum atomic E-state index is 5.29. The van der Waals surface area contributed by atoms with Crippen LogP contribution < -0.4 is 0 Å². The average molecular weight is 1560 g/mol. The first-order valence-corrected chi connectivity index (χ1v) is 39.9. The molecule has 10 aromatic carbocycles. The van der Waals surface area contributed by atoms with E-state index in [0.29, 0.717) is 34.8 Å². The fourth-order valence-corrected chi connectivity index (χ4v) is 15.3. The second-order valence-electron chi connectivity index (χ2n) is 29.4. The Morgan fingerprint density at radius 2 is 0.488 bits per heavy atom. The third kappa shape index (κ3) is 15.0. The zero-order valence-electron chi connectivity index (χ0n) is 65.9. The van der Waals surface area contributed by atoms with E-state index in [4.69, 9.17) is 64.8 Å². The van der Waals surface area contributed by atoms with Gasteiger partial charge in [-0.15, -0.1) is 0 Å². The minimum atomic E-state index is 0.514. The van der Waals surface area contributed by atoms with E-state index in [1.165, 1.54) is 5.39 Å². The van der Waals surface area contributed by atoms with E-state index < -0.39 is 0 Å². The number of hydrogen-bond acceptors (Lipinski definition) is 16. The second kappa shape index (κ2) is 32.3. The fraction of sp³-hybridized carbons (Fsp3) is 0.0286. The number of fused-ring (bicyclic) bond motifs is 10. The number of aryl methyl sites for hydroxylation is 3. The van der Waals surface area contributed by atoms with Gasteiger partial charge in [0.25, 0.3) is 0 Å². The predicted molar refractivity (Wildman–Crippen MR) is 486 cm³/mol. The third-order valence-corrected chi connectivity index (χ3v) is 21.3. The molecule has 0 fully saturated rings. The molecule has 12 aromatic heterocycles. The van der Waals surface area contributed by atoms with Crippen LogP contribution in [0.3, 0.4) is 0 Å². The van der Waals surface area contributed by atoms with Crippen LogP contribution in [0.2, 0.25) is 0 Å². The van der Waals surface area contributed by atoms with Crippen molar-refractivity contribution < 1.29 is 0 Å². The minimum Gasteiger partial charge on any atom is -0.255 e. The summed E-state index contributed by atoms with van der Waals surface area (Å²) in [5.74, 6) is 2.85. The Hall–Kier alpha value is -16.5. The van der Waals surface area contributed by atoms with E-state index in [0.717, 1.165) is 189 Å². The zero-order chi connectivity index (χ0) is 81.1. The van der Waals surface area contributed by atoms with Gasteiger partial charge in [0.05, 0.1) is 78.7 Å². The van der Waals surface area contributed by atoms with Gasteiger partial charge in [0.1, 0.15) is 11.4 Å². The molecule has 12 heterocycles. The van der Waals surface area contributed by atoms with E-state index in [9.17, 15) is 0 Å². The predicted octanol–water partition coefficient (Wildman–Crippen LogP) is 24.4. The van der Waals surface area contributed by atoms with Crippen molar-refractivity contribution in [2.75, 3.05) is 0 Å². The largest absolute Gasteiger partial charge is 0.255 e. The molecule has 0 saturated carbocycles. The van der Waals surface area contributed by atoms with Crippen molar-refractivity contribution in [3.63, 3.8) is 0 Å². The summed E-state index contributed by atoms with van der Waals surface area (Å²) < 4.78 is 0. The van der Waals surface area contributed by atoms with Crippen molar-refractivity contribution in [3.05, 3.63) is 388 Å². The molecule has 121 heavy (non-hydrogen) atoms. The van der Waals surface area contributed by atoms with Gasteiger partial charge in [0, 0.05) is 118 Å². The van der Waals surface area contributed by atoms with Crippen molar-refractivity contribution in [3.8, 4) is 136 Å². The molecule has 0 atom stereocenters. The van der Waals surface area contributed by atoms with Crippen LogP contribution in [0.15, 0.2) is 370 Å². The lowest BCUT2D eigenvalue weighted by Gasteiger charge is -2.14. The normalized spacial score (nSPS) is 11.3. The third-order valence-electron chi connectivity index (χ3n) is 21.3. The molecule has 0 bridgehead atoms. The number of hydrogen-bond donors (Lipinski definition) is 0. The highest BCUT2D eigenvalue weighted by Gasteiger charge is 2.24. The topological polar surface area (TPSA) is 206 Å². The summed E-state index contributed by atoms with van der Waals surface area (Å²) in [6, 6.07) is 118. The molecular formula is C105H70N16. The maximum absolute atomic E-state index is 5.29. The van der Waals surface area contributed by atoms with Crippen LogP contribution in [0, 0.1) is 20.8 Å². The Bertz CT molecular complexity index is 7180. The van der Waals surface area contributed by atoms with Crippen molar-refractivity contribution in [2.45, 2.75) is 20.8 Å². The monoisotopic (exact) mass is 1550 g/mol. The summed E-state index contributed by atoms with van der Waals surface area (Å²) in [4.78, 5) is 78.9. The van der Waals surface area contributed by atoms with E-state index in [1.807, 2.05) is 203 Å². The van der Waals surface area contributed by atoms with Gasteiger partial charge in [-0.1, -0.05) is 267 Å². The SMILES string of the molecule is Cc1ccc2ccc3c(-c4cc(-c5ccccc5)nc(-c5ccccn5)n4)cc(-c4cccc5ccccc45)nc3c2n1.Cc1ccc2ccc3c(-c4nc(-c5ccccc5)cc(-c5ccccn5)n4)cc(-c4ccccc4)nc3c2n1.Cc1ccc2ccc3c(-c4nc(-c5ccccc5)nc(-c5ccccn5)n4)cc(-c4ccccc4)nc3c2n1. The number of rotatable bonds is 12. The van der Waals surface area contributed by atoms with Crippen LogP contribution in [0.25, 0.3) is 212 Å². The van der Waals surface area contributed by atoms with E-state index >= 15 is 0 Å². The van der Waals surface area contributed by atoms with Crippen molar-refractivity contribution >= 4 is 76.2 Å². The Morgan fingerprint density at radius 1 is 0.157 bits per heavy atom. The highest BCUT2D eigenvalue weighted by atomic mass is 15.0. The molecule has 16 heteroatoms. The molecule has 0 aliphatic rings. The fourth-order valence-electron chi connectivity index (χ4n) is 15.3. The van der Waals surface area contributed by atoms with Crippen molar-refractivity contribution in [2.24, 2.45) is 0 Å². The van der Waals surface area contributed by atoms with E-state index in [2.05, 4.69) is 185 Å². The standard InChI is InChI=1S/C38H25N5.C34H23N5.C33H22N6/c1-24-17-18-27-19-20-30-31(22-34(41-37(30)36(27)40-24)29-15-9-13-25-10-5-6-14-28(25)29)35-23-33(26-11-3-2-4-12-26)42-38(43-35)32-16-7-8-21-39-32;1-22-15-16-25-17-18-26-27(20-29(23-10-4-2-5-11-23)37-33(26)32(25)36-22)34-38-30(24-12-6-3-7-13-24)21-31(39-34)28-14-8-9-19-35-28;1-21-15-16-23-17-18-25-26(20-28(22-10-4-2-5-11-22)36-30(25)29(23)35-21)32-37-31(24-12-6-3-7-13-24)38-33(39-32)27-14-8-9-19-34-27/h2-23H,1H3;2-21H,1H3;2-20H,1H3. The summed E-state index contributed by atoms with van der Waals surface area (Å²) in [7, 11) is 0. The molecule has 0 unspecified atom stereocenters. The molecular weight excluding hydrogens is 1490 g/mol. The summed E-state index contributed by atoms with van der Waals surface area (Å²) in [6.45, 7) is 6.02. The maximum Gasteiger partial charge on any atom is 0.182 e.